The number of rotatable bonds is 36. The molecular weight excluding hydrogens is 1710 g/mol. The van der Waals surface area contributed by atoms with Gasteiger partial charge in [0.05, 0.1) is 61.0 Å². The molecule has 0 aliphatic heterocycles. The standard InChI is InChI=1S/C114H192N6O16/c1-64(77-27-31-81-101-83(43-49-111(77,81)10)107(6)45-39-73(121)54-69(107)58-91(101)125)23-35-97(131)115-52-19-16-22-90(120-100(134)37-25-65(2)78-28-32-82-102-84(44-50-112(78,82)11)108(7)46-40-74(122)55-70(108)59-92(102)126)106(136)118-68(5)20-14-17-53-117-105(135)89(119-99(133)38-26-67(4)80-30-34-86-104-88(63-96(130)114(80,86)13)110(9)48-42-76(124)57-72(110)61-94(104)128)21-15-18-51-116-98(132)36-24-66(3)79-29-33-85-103-87(62-95(129)113(79,85)12)109(8)47-41-75(123)56-71(109)60-93(103)127/h64-96,101-104,121-130H,14-63H2,1-13H3,(H,115,131)(H,116,132)(H,117,135)(H,118,136)(H,119,133)(H,120,134)/t64?,65?,66?,67?,68?,69-,70-,71-,72-,73+,74+,75+,76+,77?,78?,79?,80?,81-,82-,83?,84?,85-,86-,87?,88?,89?,90?,91?,92?,93?,94?,95?,96?,101-,102-,103-,104-,107?,108?,109?,110?,111?,112?,113?,114?/m0/s1. The second-order valence-electron chi connectivity index (χ2n) is 53.1. The summed E-state index contributed by atoms with van der Waals surface area (Å²) in [7, 11) is 0. The smallest absolute Gasteiger partial charge is 0.242 e. The maximum atomic E-state index is 14.7. The lowest BCUT2D eigenvalue weighted by Crippen LogP contribution is -2.62. The first-order chi connectivity index (χ1) is 64.5. The van der Waals surface area contributed by atoms with E-state index in [4.69, 9.17) is 0 Å². The van der Waals surface area contributed by atoms with Crippen molar-refractivity contribution in [1.29, 1.82) is 0 Å². The number of aliphatic hydroxyl groups is 10. The summed E-state index contributed by atoms with van der Waals surface area (Å²) < 4.78 is 0. The molecule has 16 aliphatic rings. The molecule has 16 rings (SSSR count). The van der Waals surface area contributed by atoms with Crippen molar-refractivity contribution < 1.29 is 79.8 Å². The number of carbonyl (C=O) groups excluding carboxylic acids is 6. The molecule has 16 N–H and O–H groups in total. The molecule has 16 fully saturated rings. The Morgan fingerprint density at radius 3 is 0.926 bits per heavy atom. The molecule has 16 aliphatic carbocycles. The Labute approximate surface area is 818 Å². The minimum Gasteiger partial charge on any atom is -0.393 e. The molecular formula is C114H192N6O16. The Balaban J connectivity index is 0.513. The fraction of sp³-hybridized carbons (Fsp3) is 0.947. The van der Waals surface area contributed by atoms with E-state index in [1.807, 2.05) is 6.92 Å². The monoisotopic (exact) mass is 1900 g/mol. The van der Waals surface area contributed by atoms with Crippen molar-refractivity contribution >= 4 is 35.4 Å². The molecule has 29 unspecified atom stereocenters. The van der Waals surface area contributed by atoms with Gasteiger partial charge in [-0.05, 0) is 468 Å². The van der Waals surface area contributed by atoms with Crippen LogP contribution in [0.15, 0.2) is 0 Å². The van der Waals surface area contributed by atoms with Crippen LogP contribution in [0.5, 0.6) is 0 Å². The van der Waals surface area contributed by atoms with Crippen molar-refractivity contribution in [2.45, 2.75) is 471 Å². The number of carbonyl (C=O) groups is 6. The first kappa shape index (κ1) is 105. The predicted octanol–water partition coefficient (Wildman–Crippen LogP) is 15.9. The van der Waals surface area contributed by atoms with E-state index in [9.17, 15) is 79.8 Å². The van der Waals surface area contributed by atoms with Gasteiger partial charge in [-0.25, -0.2) is 0 Å². The van der Waals surface area contributed by atoms with E-state index in [0.717, 1.165) is 167 Å². The van der Waals surface area contributed by atoms with Gasteiger partial charge in [0, 0.05) is 51.4 Å². The molecule has 0 heterocycles. The number of amides is 6. The van der Waals surface area contributed by atoms with Crippen LogP contribution >= 0.6 is 0 Å². The fourth-order valence-electron chi connectivity index (χ4n) is 38.8. The van der Waals surface area contributed by atoms with E-state index >= 15 is 0 Å². The molecule has 22 heteroatoms. The highest BCUT2D eigenvalue weighted by Gasteiger charge is 2.71. The fourth-order valence-corrected chi connectivity index (χ4v) is 38.8. The molecule has 22 nitrogen and oxygen atoms in total. The van der Waals surface area contributed by atoms with Crippen molar-refractivity contribution in [2.75, 3.05) is 19.6 Å². The third-order valence-corrected chi connectivity index (χ3v) is 46.7. The number of fused-ring (bicyclic) bond motifs is 20. The second kappa shape index (κ2) is 42.5. The molecule has 0 radical (unpaired) electrons. The molecule has 6 amide bonds. The van der Waals surface area contributed by atoms with Gasteiger partial charge in [0.1, 0.15) is 12.1 Å². The molecule has 0 bridgehead atoms. The number of nitrogens with one attached hydrogen (secondary N) is 6. The highest BCUT2D eigenvalue weighted by atomic mass is 16.3. The van der Waals surface area contributed by atoms with E-state index in [-0.39, 0.29) is 205 Å². The van der Waals surface area contributed by atoms with Crippen LogP contribution in [0.25, 0.3) is 0 Å². The molecule has 0 spiro atoms. The number of unbranched alkanes of at least 4 members (excludes halogenated alkanes) is 3. The Bertz CT molecular complexity index is 4080. The van der Waals surface area contributed by atoms with Gasteiger partial charge in [-0.3, -0.25) is 28.8 Å². The van der Waals surface area contributed by atoms with E-state index < -0.39 is 41.9 Å². The summed E-state index contributed by atoms with van der Waals surface area (Å²) in [5.74, 6) is 5.81. The normalized spacial score (nSPS) is 46.7. The highest BCUT2D eigenvalue weighted by molar-refractivity contribution is 5.88. The van der Waals surface area contributed by atoms with Crippen LogP contribution in [0.1, 0.15) is 392 Å². The first-order valence-corrected chi connectivity index (χ1v) is 57.0. The van der Waals surface area contributed by atoms with E-state index in [1.54, 1.807) is 0 Å². The molecule has 16 saturated carbocycles. The average Bonchev–Trinajstić information content (AvgIpc) is 1.41. The first-order valence-electron chi connectivity index (χ1n) is 57.0. The molecule has 45 atom stereocenters. The Hall–Kier alpha value is -3.58. The zero-order valence-electron chi connectivity index (χ0n) is 86.6. The van der Waals surface area contributed by atoms with Gasteiger partial charge in [-0.15, -0.1) is 0 Å². The van der Waals surface area contributed by atoms with Gasteiger partial charge < -0.3 is 83.0 Å². The van der Waals surface area contributed by atoms with Gasteiger partial charge in [0.2, 0.25) is 35.4 Å². The third kappa shape index (κ3) is 20.3. The molecule has 136 heavy (non-hydrogen) atoms. The van der Waals surface area contributed by atoms with Crippen LogP contribution in [0, 0.1) is 185 Å². The Kier molecular flexibility index (Phi) is 32.9. The second-order valence-corrected chi connectivity index (χ2v) is 53.1. The van der Waals surface area contributed by atoms with Gasteiger partial charge in [-0.2, -0.15) is 0 Å². The summed E-state index contributed by atoms with van der Waals surface area (Å²) in [6.07, 6.45) is 32.3. The largest absolute Gasteiger partial charge is 0.393 e. The SMILES string of the molecule is CC(CCCCNC(=O)C(CCCCNC(=O)CCC(C)C1CC[C@H]2[C@@H]3C(O)C[C@@H]4C[C@H](O)CCC4(C)C3CC(O)C12C)NC(=O)CCC(C)C1CC[C@H]2[C@@H]3C(O)C[C@@H]4C[C@H](O)CCC4(C)C3CC(O)C12C)NC(=O)C(CCCCNC(=O)CCC(C)C1CC[C@H]2[C@@H]3C(O)C[C@@H]4C[C@H](O)CCC4(C)C3CCC12C)NC(=O)CCC(C)C1CC[C@H]2[C@@H]3C(O)C[C@@H]4C[C@H](O)CCC4(C)C3CCC12C. The lowest BCUT2D eigenvalue weighted by atomic mass is 9.43. The minimum atomic E-state index is -0.829. The summed E-state index contributed by atoms with van der Waals surface area (Å²) in [6, 6.07) is -1.88. The van der Waals surface area contributed by atoms with E-state index in [2.05, 4.69) is 115 Å². The predicted molar refractivity (Wildman–Crippen MR) is 529 cm³/mol. The molecule has 0 saturated heterocycles. The van der Waals surface area contributed by atoms with Crippen molar-refractivity contribution in [3.05, 3.63) is 0 Å². The summed E-state index contributed by atoms with van der Waals surface area (Å²) >= 11 is 0. The van der Waals surface area contributed by atoms with E-state index in [0.29, 0.717) is 207 Å². The maximum absolute atomic E-state index is 14.7. The lowest BCUT2D eigenvalue weighted by Gasteiger charge is -2.63. The van der Waals surface area contributed by atoms with Crippen molar-refractivity contribution in [2.24, 2.45) is 185 Å². The van der Waals surface area contributed by atoms with Gasteiger partial charge in [0.25, 0.3) is 0 Å². The topological polar surface area (TPSA) is 377 Å². The molecule has 0 aromatic rings. The van der Waals surface area contributed by atoms with Crippen molar-refractivity contribution in [1.82, 2.24) is 31.9 Å². The lowest BCUT2D eigenvalue weighted by molar-refractivity contribution is -0.207. The zero-order chi connectivity index (χ0) is 97.4. The van der Waals surface area contributed by atoms with Crippen LogP contribution in [-0.2, 0) is 28.8 Å². The van der Waals surface area contributed by atoms with E-state index in [1.165, 1.54) is 0 Å². The van der Waals surface area contributed by atoms with Crippen LogP contribution in [0.2, 0.25) is 0 Å². The van der Waals surface area contributed by atoms with Crippen LogP contribution in [0.3, 0.4) is 0 Å². The summed E-state index contributed by atoms with van der Waals surface area (Å²) in [6.45, 7) is 31.4. The van der Waals surface area contributed by atoms with Gasteiger partial charge >= 0.3 is 0 Å². The maximum Gasteiger partial charge on any atom is 0.242 e. The molecule has 774 valence electrons. The Morgan fingerprint density at radius 1 is 0.272 bits per heavy atom. The van der Waals surface area contributed by atoms with Crippen LogP contribution < -0.4 is 31.9 Å². The summed E-state index contributed by atoms with van der Waals surface area (Å²) in [5.41, 5.74) is -0.334. The zero-order valence-corrected chi connectivity index (χ0v) is 86.6. The number of hydrogen-bond acceptors (Lipinski definition) is 16. The van der Waals surface area contributed by atoms with Crippen LogP contribution in [-0.4, -0.2) is 185 Å². The van der Waals surface area contributed by atoms with Gasteiger partial charge in [0.15, 0.2) is 0 Å². The number of hydrogen-bond donors (Lipinski definition) is 16. The minimum absolute atomic E-state index is 0.00622. The van der Waals surface area contributed by atoms with Crippen molar-refractivity contribution in [3.8, 4) is 0 Å². The molecule has 0 aromatic carbocycles. The quantitative estimate of drug-likeness (QED) is 0.0259. The van der Waals surface area contributed by atoms with Gasteiger partial charge in [-0.1, -0.05) is 83.1 Å². The summed E-state index contributed by atoms with van der Waals surface area (Å²) in [4.78, 5) is 85.6. The number of aliphatic hydroxyl groups excluding tert-OH is 10. The third-order valence-electron chi connectivity index (χ3n) is 46.7. The Morgan fingerprint density at radius 2 is 0.559 bits per heavy atom. The summed E-state index contributed by atoms with van der Waals surface area (Å²) in [5, 5.41) is 134. The average molecular weight is 1900 g/mol. The molecule has 0 aromatic heterocycles. The van der Waals surface area contributed by atoms with Crippen LogP contribution in [0.4, 0.5) is 0 Å². The van der Waals surface area contributed by atoms with Crippen molar-refractivity contribution in [3.63, 3.8) is 0 Å². The highest BCUT2D eigenvalue weighted by Crippen LogP contribution is 2.74.